The molecule has 1 heterocycles. The Hall–Kier alpha value is -3.76. The van der Waals surface area contributed by atoms with E-state index < -0.39 is 22.7 Å². The highest BCUT2D eigenvalue weighted by Gasteiger charge is 2.19. The van der Waals surface area contributed by atoms with E-state index in [-0.39, 0.29) is 38.3 Å². The number of thiophene rings is 1. The van der Waals surface area contributed by atoms with Crippen molar-refractivity contribution in [2.24, 2.45) is 0 Å². The van der Waals surface area contributed by atoms with E-state index in [0.717, 1.165) is 11.3 Å². The third-order valence-corrected chi connectivity index (χ3v) is 5.32. The van der Waals surface area contributed by atoms with Crippen LogP contribution in [0, 0.1) is 10.1 Å². The lowest BCUT2D eigenvalue weighted by Crippen LogP contribution is -2.24. The molecule has 0 saturated carbocycles. The molecule has 0 spiro atoms. The molecule has 0 aliphatic rings. The minimum absolute atomic E-state index is 0.0388. The van der Waals surface area contributed by atoms with Gasteiger partial charge in [0, 0.05) is 24.2 Å². The molecule has 3 N–H and O–H groups in total. The number of carboxylic acids is 1. The first kappa shape index (κ1) is 21.9. The molecule has 0 unspecified atom stereocenters. The summed E-state index contributed by atoms with van der Waals surface area (Å²) >= 11 is 7.01. The van der Waals surface area contributed by atoms with E-state index >= 15 is 0 Å². The van der Waals surface area contributed by atoms with Crippen LogP contribution in [0.4, 0.5) is 10.7 Å². The number of nitrogens with one attached hydrogen (secondary N) is 2. The number of carboxylic acid groups (broad SMARTS) is 1. The molecule has 158 valence electrons. The smallest absolute Gasteiger partial charge is 0.335 e. The van der Waals surface area contributed by atoms with E-state index in [2.05, 4.69) is 10.6 Å². The molecule has 9 nitrogen and oxygen atoms in total. The molecule has 1 aromatic heterocycles. The van der Waals surface area contributed by atoms with Crippen molar-refractivity contribution >= 4 is 51.4 Å². The fourth-order valence-electron chi connectivity index (χ4n) is 2.62. The Morgan fingerprint density at radius 2 is 1.71 bits per heavy atom. The topological polar surface area (TPSA) is 139 Å². The maximum Gasteiger partial charge on any atom is 0.335 e. The van der Waals surface area contributed by atoms with Crippen molar-refractivity contribution < 1.29 is 24.4 Å². The lowest BCUT2D eigenvalue weighted by atomic mass is 10.1. The first-order chi connectivity index (χ1) is 14.7. The van der Waals surface area contributed by atoms with E-state index in [0.29, 0.717) is 5.56 Å². The van der Waals surface area contributed by atoms with Crippen molar-refractivity contribution in [1.82, 2.24) is 5.32 Å². The molecule has 0 aliphatic heterocycles. The van der Waals surface area contributed by atoms with Gasteiger partial charge in [0.15, 0.2) is 0 Å². The van der Waals surface area contributed by atoms with Crippen LogP contribution in [0.1, 0.15) is 36.6 Å². The van der Waals surface area contributed by atoms with Gasteiger partial charge in [0.05, 0.1) is 20.4 Å². The van der Waals surface area contributed by atoms with Crippen LogP contribution in [0.25, 0.3) is 0 Å². The third-order valence-electron chi connectivity index (χ3n) is 4.14. The summed E-state index contributed by atoms with van der Waals surface area (Å²) in [6, 6.07) is 12.6. The number of anilines is 1. The van der Waals surface area contributed by atoms with Gasteiger partial charge in [-0.15, -0.1) is 11.3 Å². The van der Waals surface area contributed by atoms with Gasteiger partial charge in [-0.25, -0.2) is 4.79 Å². The molecular weight excluding hydrogens is 446 g/mol. The number of amides is 2. The van der Waals surface area contributed by atoms with Gasteiger partial charge in [-0.3, -0.25) is 19.7 Å². The number of nitrogens with zero attached hydrogens (tertiary/aromatic N) is 1. The fraction of sp³-hybridized carbons (Fsp3) is 0.0500. The largest absolute Gasteiger partial charge is 0.478 e. The van der Waals surface area contributed by atoms with Crippen LogP contribution < -0.4 is 10.6 Å². The molecule has 2 amide bonds. The van der Waals surface area contributed by atoms with Gasteiger partial charge in [0.1, 0.15) is 5.00 Å². The van der Waals surface area contributed by atoms with Crippen molar-refractivity contribution in [2.45, 2.75) is 6.54 Å². The SMILES string of the molecule is O=C(O)c1ccc(C(=O)Nc2sc(Cl)cc2C(=O)NCc2cccc([N+](=O)[O-])c2)cc1. The maximum atomic E-state index is 12.6. The Kier molecular flexibility index (Phi) is 6.63. The molecule has 0 atom stereocenters. The molecule has 0 fully saturated rings. The molecule has 0 saturated heterocycles. The molecule has 3 rings (SSSR count). The maximum absolute atomic E-state index is 12.6. The average Bonchev–Trinajstić information content (AvgIpc) is 3.12. The van der Waals surface area contributed by atoms with Crippen molar-refractivity contribution in [3.05, 3.63) is 91.3 Å². The van der Waals surface area contributed by atoms with Crippen molar-refractivity contribution in [3.8, 4) is 0 Å². The Balaban J connectivity index is 1.71. The van der Waals surface area contributed by atoms with E-state index in [1.807, 2.05) is 0 Å². The summed E-state index contributed by atoms with van der Waals surface area (Å²) in [7, 11) is 0. The minimum atomic E-state index is -1.11. The van der Waals surface area contributed by atoms with Gasteiger partial charge in [-0.1, -0.05) is 23.7 Å². The first-order valence-electron chi connectivity index (χ1n) is 8.70. The number of aromatic carboxylic acids is 1. The molecular formula is C20H14ClN3O6S. The predicted octanol–water partition coefficient (Wildman–Crippen LogP) is 4.19. The zero-order valence-electron chi connectivity index (χ0n) is 15.6. The summed E-state index contributed by atoms with van der Waals surface area (Å²) in [5.41, 5.74) is 0.825. The van der Waals surface area contributed by atoms with E-state index in [4.69, 9.17) is 16.7 Å². The Morgan fingerprint density at radius 3 is 2.35 bits per heavy atom. The van der Waals surface area contributed by atoms with Crippen molar-refractivity contribution in [1.29, 1.82) is 0 Å². The fourth-order valence-corrected chi connectivity index (χ4v) is 3.74. The Labute approximate surface area is 184 Å². The standard InChI is InChI=1S/C20H14ClN3O6S/c21-16-9-15(18(26)22-10-11-2-1-3-14(8-11)24(29)30)19(31-16)23-17(25)12-4-6-13(7-5-12)20(27)28/h1-9H,10H2,(H,22,26)(H,23,25)(H,27,28). The number of halogens is 1. The number of nitro benzene ring substituents is 1. The molecule has 0 bridgehead atoms. The molecule has 0 aliphatic carbocycles. The number of hydrogen-bond donors (Lipinski definition) is 3. The Bertz CT molecular complexity index is 1180. The van der Waals surface area contributed by atoms with E-state index in [1.54, 1.807) is 6.07 Å². The summed E-state index contributed by atoms with van der Waals surface area (Å²) in [6.07, 6.45) is 0. The molecule has 3 aromatic rings. The minimum Gasteiger partial charge on any atom is -0.478 e. The number of carbonyl (C=O) groups excluding carboxylic acids is 2. The number of hydrogen-bond acceptors (Lipinski definition) is 6. The van der Waals surface area contributed by atoms with E-state index in [9.17, 15) is 24.5 Å². The van der Waals surface area contributed by atoms with E-state index in [1.165, 1.54) is 48.5 Å². The Morgan fingerprint density at radius 1 is 1.03 bits per heavy atom. The summed E-state index contributed by atoms with van der Waals surface area (Å²) in [6.45, 7) is 0.0397. The van der Waals surface area contributed by atoms with Crippen LogP contribution in [0.3, 0.4) is 0 Å². The summed E-state index contributed by atoms with van der Waals surface area (Å²) in [4.78, 5) is 46.3. The lowest BCUT2D eigenvalue weighted by Gasteiger charge is -2.08. The van der Waals surface area contributed by atoms with Gasteiger partial charge in [0.25, 0.3) is 17.5 Å². The highest BCUT2D eigenvalue weighted by Crippen LogP contribution is 2.32. The van der Waals surface area contributed by atoms with Gasteiger partial charge >= 0.3 is 5.97 Å². The first-order valence-corrected chi connectivity index (χ1v) is 9.89. The van der Waals surface area contributed by atoms with Crippen LogP contribution in [0.2, 0.25) is 4.34 Å². The van der Waals surface area contributed by atoms with Crippen LogP contribution in [0.5, 0.6) is 0 Å². The molecule has 2 aromatic carbocycles. The molecule has 31 heavy (non-hydrogen) atoms. The summed E-state index contributed by atoms with van der Waals surface area (Å²) in [5.74, 6) is -2.17. The average molecular weight is 460 g/mol. The summed E-state index contributed by atoms with van der Waals surface area (Å²) in [5, 5.41) is 25.3. The highest BCUT2D eigenvalue weighted by atomic mass is 35.5. The van der Waals surface area contributed by atoms with Gasteiger partial charge in [-0.2, -0.15) is 0 Å². The second kappa shape index (κ2) is 9.37. The normalized spacial score (nSPS) is 10.4. The van der Waals surface area contributed by atoms with Gasteiger partial charge < -0.3 is 15.7 Å². The lowest BCUT2D eigenvalue weighted by molar-refractivity contribution is -0.384. The zero-order chi connectivity index (χ0) is 22.5. The van der Waals surface area contributed by atoms with Crippen LogP contribution in [0.15, 0.2) is 54.6 Å². The second-order valence-electron chi connectivity index (χ2n) is 6.24. The number of rotatable bonds is 7. The van der Waals surface area contributed by atoms with Crippen molar-refractivity contribution in [3.63, 3.8) is 0 Å². The molecule has 11 heteroatoms. The third kappa shape index (κ3) is 5.44. The second-order valence-corrected chi connectivity index (χ2v) is 7.92. The predicted molar refractivity (Wildman–Crippen MR) is 115 cm³/mol. The van der Waals surface area contributed by atoms with Crippen molar-refractivity contribution in [2.75, 3.05) is 5.32 Å². The van der Waals surface area contributed by atoms with Crippen LogP contribution in [-0.4, -0.2) is 27.8 Å². The van der Waals surface area contributed by atoms with Gasteiger partial charge in [-0.05, 0) is 35.9 Å². The quantitative estimate of drug-likeness (QED) is 0.357. The number of nitro groups is 1. The monoisotopic (exact) mass is 459 g/mol. The summed E-state index contributed by atoms with van der Waals surface area (Å²) < 4.78 is 0.275. The number of benzene rings is 2. The number of carbonyl (C=O) groups is 3. The number of non-ortho nitro benzene ring substituents is 1. The van der Waals surface area contributed by atoms with Crippen LogP contribution in [-0.2, 0) is 6.54 Å². The van der Waals surface area contributed by atoms with Crippen LogP contribution >= 0.6 is 22.9 Å². The van der Waals surface area contributed by atoms with Gasteiger partial charge in [0.2, 0.25) is 0 Å². The zero-order valence-corrected chi connectivity index (χ0v) is 17.2. The highest BCUT2D eigenvalue weighted by molar-refractivity contribution is 7.20. The molecule has 0 radical (unpaired) electrons.